The van der Waals surface area contributed by atoms with Gasteiger partial charge in [0.2, 0.25) is 5.91 Å². The topological polar surface area (TPSA) is 89.4 Å². The molecule has 0 aliphatic carbocycles. The monoisotopic (exact) mass is 531 g/mol. The number of carbonyl (C=O) groups is 1. The summed E-state index contributed by atoms with van der Waals surface area (Å²) >= 11 is 0. The van der Waals surface area contributed by atoms with Gasteiger partial charge in [-0.15, -0.1) is 0 Å². The normalized spacial score (nSPS) is 23.2. The lowest BCUT2D eigenvalue weighted by Gasteiger charge is -2.31. The number of hydrogen-bond acceptors (Lipinski definition) is 5. The summed E-state index contributed by atoms with van der Waals surface area (Å²) in [5, 5.41) is 18.8. The predicted octanol–water partition coefficient (Wildman–Crippen LogP) is 6.30. The smallest absolute Gasteiger partial charge is 0.236 e. The molecule has 0 saturated carbocycles. The minimum absolute atomic E-state index is 0.0565. The van der Waals surface area contributed by atoms with E-state index in [4.69, 9.17) is 10.4 Å². The van der Waals surface area contributed by atoms with E-state index in [2.05, 4.69) is 35.5 Å². The molecule has 2 rings (SSSR count). The highest BCUT2D eigenvalue weighted by Crippen LogP contribution is 2.32. The molecule has 6 nitrogen and oxygen atoms in total. The van der Waals surface area contributed by atoms with E-state index >= 15 is 0 Å². The number of likely N-dealkylation sites (N-methyl/N-ethyl adjacent to an activating group) is 1. The zero-order chi connectivity index (χ0) is 28.7. The van der Waals surface area contributed by atoms with Gasteiger partial charge in [-0.3, -0.25) is 15.2 Å². The molecule has 0 radical (unpaired) electrons. The molecule has 1 aliphatic rings. The molecule has 2 unspecified atom stereocenters. The van der Waals surface area contributed by atoms with E-state index in [1.54, 1.807) is 12.3 Å². The van der Waals surface area contributed by atoms with E-state index in [0.717, 1.165) is 43.2 Å². The van der Waals surface area contributed by atoms with Gasteiger partial charge >= 0.3 is 0 Å². The van der Waals surface area contributed by atoms with Crippen LogP contribution in [0.5, 0.6) is 0 Å². The zero-order valence-electron chi connectivity index (χ0n) is 24.6. The van der Waals surface area contributed by atoms with Crippen LogP contribution in [0.4, 0.5) is 0 Å². The highest BCUT2D eigenvalue weighted by atomic mass is 16.2. The van der Waals surface area contributed by atoms with Crippen LogP contribution in [0.25, 0.3) is 0 Å². The summed E-state index contributed by atoms with van der Waals surface area (Å²) in [6.45, 7) is 12.6. The Labute approximate surface area is 236 Å². The molecule has 1 aliphatic heterocycles. The molecule has 0 aromatic heterocycles. The van der Waals surface area contributed by atoms with Gasteiger partial charge in [-0.1, -0.05) is 93.5 Å². The number of aryl methyl sites for hydroxylation is 1. The van der Waals surface area contributed by atoms with Crippen molar-refractivity contribution in [3.8, 4) is 0 Å². The number of aliphatic imine (C=N–C) groups is 1. The average Bonchev–Trinajstić information content (AvgIpc) is 2.93. The van der Waals surface area contributed by atoms with Crippen molar-refractivity contribution in [1.82, 2.24) is 16.0 Å². The van der Waals surface area contributed by atoms with Crippen molar-refractivity contribution in [2.75, 3.05) is 13.6 Å². The van der Waals surface area contributed by atoms with Gasteiger partial charge in [-0.05, 0) is 58.6 Å². The molecule has 6 heteroatoms. The molecule has 1 aromatic rings. The van der Waals surface area contributed by atoms with E-state index < -0.39 is 5.41 Å². The van der Waals surface area contributed by atoms with E-state index in [9.17, 15) is 4.79 Å². The zero-order valence-corrected chi connectivity index (χ0v) is 24.6. The van der Waals surface area contributed by atoms with Crippen molar-refractivity contribution in [3.05, 3.63) is 84.1 Å². The lowest BCUT2D eigenvalue weighted by atomic mass is 9.74. The Morgan fingerprint density at radius 1 is 1.21 bits per heavy atom. The number of carbonyl (C=O) groups excluding carboxylic acids is 1. The van der Waals surface area contributed by atoms with Gasteiger partial charge in [0.05, 0.1) is 17.5 Å². The number of amidine groups is 1. The Hall–Kier alpha value is -3.25. The Morgan fingerprint density at radius 2 is 1.92 bits per heavy atom. The van der Waals surface area contributed by atoms with Crippen LogP contribution < -0.4 is 16.0 Å². The van der Waals surface area contributed by atoms with Gasteiger partial charge in [-0.2, -0.15) is 0 Å². The fraction of sp³-hybridized carbons (Fsp3) is 0.485. The lowest BCUT2D eigenvalue weighted by molar-refractivity contribution is -0.125. The van der Waals surface area contributed by atoms with Crippen molar-refractivity contribution in [1.29, 1.82) is 5.41 Å². The van der Waals surface area contributed by atoms with E-state index in [0.29, 0.717) is 25.0 Å². The molecule has 2 atom stereocenters. The molecule has 1 heterocycles. The molecular weight excluding hydrogens is 482 g/mol. The first kappa shape index (κ1) is 32.0. The molecule has 1 aromatic carbocycles. The lowest BCUT2D eigenvalue weighted by Crippen LogP contribution is -2.47. The Balaban J connectivity index is 2.32. The second-order valence-corrected chi connectivity index (χ2v) is 10.8. The Kier molecular flexibility index (Phi) is 13.1. The van der Waals surface area contributed by atoms with Gasteiger partial charge in [0, 0.05) is 24.0 Å². The van der Waals surface area contributed by atoms with Gasteiger partial charge in [0.25, 0.3) is 0 Å². The molecule has 4 N–H and O–H groups in total. The summed E-state index contributed by atoms with van der Waals surface area (Å²) in [7, 11) is 1.98. The van der Waals surface area contributed by atoms with Crippen LogP contribution in [0.3, 0.4) is 0 Å². The molecule has 0 fully saturated rings. The average molecular weight is 532 g/mol. The van der Waals surface area contributed by atoms with Gasteiger partial charge in [0.15, 0.2) is 0 Å². The largest absolute Gasteiger partial charge is 0.387 e. The number of allylic oxidation sites excluding steroid dienone is 4. The highest BCUT2D eigenvalue weighted by Gasteiger charge is 2.37. The SMILES string of the molecule is C=C/C=C\C=C/CC1CCCCC(C)(NC)C/N=C\C(C(=N)NC(=O)C(CC)(CC)c2ccc(C)cc2)=C\N1. The van der Waals surface area contributed by atoms with Crippen LogP contribution in [0.2, 0.25) is 0 Å². The maximum atomic E-state index is 13.7. The van der Waals surface area contributed by atoms with E-state index in [1.165, 1.54) is 0 Å². The molecular formula is C33H49N5O. The minimum Gasteiger partial charge on any atom is -0.387 e. The summed E-state index contributed by atoms with van der Waals surface area (Å²) in [4.78, 5) is 18.4. The van der Waals surface area contributed by atoms with Crippen molar-refractivity contribution in [2.45, 2.75) is 89.6 Å². The first-order chi connectivity index (χ1) is 18.7. The van der Waals surface area contributed by atoms with Crippen LogP contribution >= 0.6 is 0 Å². The van der Waals surface area contributed by atoms with Crippen molar-refractivity contribution in [2.24, 2.45) is 4.99 Å². The van der Waals surface area contributed by atoms with Crippen LogP contribution in [0, 0.1) is 12.3 Å². The first-order valence-corrected chi connectivity index (χ1v) is 14.3. The second kappa shape index (κ2) is 16.0. The van der Waals surface area contributed by atoms with Gasteiger partial charge in [0.1, 0.15) is 5.84 Å². The summed E-state index contributed by atoms with van der Waals surface area (Å²) in [6, 6.07) is 8.36. The summed E-state index contributed by atoms with van der Waals surface area (Å²) in [5.74, 6) is -0.101. The number of hydrogen-bond donors (Lipinski definition) is 4. The number of amides is 1. The quantitative estimate of drug-likeness (QED) is 0.162. The first-order valence-electron chi connectivity index (χ1n) is 14.3. The summed E-state index contributed by atoms with van der Waals surface area (Å²) in [6.07, 6.45) is 19.8. The highest BCUT2D eigenvalue weighted by molar-refractivity contribution is 6.19. The maximum absolute atomic E-state index is 13.7. The van der Waals surface area contributed by atoms with Crippen molar-refractivity contribution >= 4 is 18.0 Å². The third kappa shape index (κ3) is 9.47. The Morgan fingerprint density at radius 3 is 2.56 bits per heavy atom. The Bertz CT molecular complexity index is 1060. The number of nitrogens with zero attached hydrogens (tertiary/aromatic N) is 1. The van der Waals surface area contributed by atoms with E-state index in [1.807, 2.05) is 76.5 Å². The van der Waals surface area contributed by atoms with Gasteiger partial charge < -0.3 is 16.0 Å². The second-order valence-electron chi connectivity index (χ2n) is 10.8. The predicted molar refractivity (Wildman–Crippen MR) is 167 cm³/mol. The molecule has 0 bridgehead atoms. The number of benzene rings is 1. The third-order valence-electron chi connectivity index (χ3n) is 7.97. The molecule has 1 amide bonds. The van der Waals surface area contributed by atoms with E-state index in [-0.39, 0.29) is 23.3 Å². The molecule has 39 heavy (non-hydrogen) atoms. The molecule has 0 saturated heterocycles. The third-order valence-corrected chi connectivity index (χ3v) is 7.97. The fourth-order valence-electron chi connectivity index (χ4n) is 4.94. The van der Waals surface area contributed by atoms with Crippen molar-refractivity contribution in [3.63, 3.8) is 0 Å². The van der Waals surface area contributed by atoms with Crippen molar-refractivity contribution < 1.29 is 4.79 Å². The summed E-state index contributed by atoms with van der Waals surface area (Å²) in [5.41, 5.74) is 1.88. The number of nitrogens with one attached hydrogen (secondary N) is 4. The number of rotatable bonds is 10. The van der Waals surface area contributed by atoms with Gasteiger partial charge in [-0.25, -0.2) is 0 Å². The standard InChI is InChI=1S/C33H49N5O/c1-7-10-11-12-13-16-29-17-14-15-22-32(5,35-6)25-36-23-27(24-37-29)30(34)38-31(39)33(8-2,9-3)28-20-18-26(4)19-21-28/h7,10-13,18-21,23-24,29,35,37H,1,8-9,14-17,22,25H2,2-6H3,(H2,34,38,39)/b11-10-,13-12-,27-24-,36-23-. The summed E-state index contributed by atoms with van der Waals surface area (Å²) < 4.78 is 0. The molecule has 212 valence electrons. The van der Waals surface area contributed by atoms with Crippen LogP contribution in [-0.4, -0.2) is 43.1 Å². The van der Waals surface area contributed by atoms with Crippen LogP contribution in [0.15, 0.2) is 78.0 Å². The van der Waals surface area contributed by atoms with Crippen LogP contribution in [-0.2, 0) is 10.2 Å². The van der Waals surface area contributed by atoms with Crippen LogP contribution in [0.1, 0.15) is 76.8 Å². The molecule has 0 spiro atoms. The maximum Gasteiger partial charge on any atom is 0.236 e. The minimum atomic E-state index is -0.701. The fourth-order valence-corrected chi connectivity index (χ4v) is 4.94.